The minimum atomic E-state index is -0.422. The Morgan fingerprint density at radius 3 is 2.56 bits per heavy atom. The number of nitrogens with zero attached hydrogens (tertiary/aromatic N) is 5. The molecule has 0 fully saturated rings. The number of ketones is 1. The molecule has 9 heteroatoms. The molecule has 5 rings (SSSR count). The normalized spacial score (nSPS) is 21.7. The molecule has 32 heavy (non-hydrogen) atoms. The summed E-state index contributed by atoms with van der Waals surface area (Å²) in [4.78, 5) is 13.3. The van der Waals surface area contributed by atoms with Crippen LogP contribution >= 0.6 is 0 Å². The second-order valence-electron chi connectivity index (χ2n) is 9.18. The number of carbonyl (C=O) groups excluding carboxylic acids is 1. The molecule has 0 saturated heterocycles. The number of Topliss-reactive ketones (excluding diaryl/α,β-unsaturated/α-hetero) is 1. The summed E-state index contributed by atoms with van der Waals surface area (Å²) < 4.78 is 13.1. The highest BCUT2D eigenvalue weighted by atomic mass is 16.5. The van der Waals surface area contributed by atoms with Gasteiger partial charge in [-0.3, -0.25) is 10.2 Å². The van der Waals surface area contributed by atoms with Gasteiger partial charge in [-0.05, 0) is 43.0 Å². The maximum absolute atomic E-state index is 13.3. The monoisotopic (exact) mass is 434 g/mol. The lowest BCUT2D eigenvalue weighted by atomic mass is 9.73. The zero-order chi connectivity index (χ0) is 22.6. The molecule has 1 aromatic heterocycles. The summed E-state index contributed by atoms with van der Waals surface area (Å²) in [7, 11) is 1.63. The van der Waals surface area contributed by atoms with Gasteiger partial charge >= 0.3 is 6.02 Å². The third-order valence-electron chi connectivity index (χ3n) is 5.92. The maximum Gasteiger partial charge on any atom is 0.336 e. The molecule has 0 spiro atoms. The van der Waals surface area contributed by atoms with Crippen LogP contribution in [-0.4, -0.2) is 39.7 Å². The van der Waals surface area contributed by atoms with Crippen molar-refractivity contribution >= 4 is 17.8 Å². The van der Waals surface area contributed by atoms with Crippen LogP contribution in [0.15, 0.2) is 51.9 Å². The molecule has 166 valence electrons. The lowest BCUT2D eigenvalue weighted by Crippen LogP contribution is -2.56. The fourth-order valence-corrected chi connectivity index (χ4v) is 4.51. The topological polar surface area (TPSA) is 93.3 Å². The van der Waals surface area contributed by atoms with E-state index in [4.69, 9.17) is 9.47 Å². The number of hydrogen-bond acceptors (Lipinski definition) is 8. The summed E-state index contributed by atoms with van der Waals surface area (Å²) in [5.74, 6) is 1.92. The Morgan fingerprint density at radius 1 is 1.16 bits per heavy atom. The van der Waals surface area contributed by atoms with Gasteiger partial charge in [0.1, 0.15) is 17.6 Å². The quantitative estimate of drug-likeness (QED) is 0.780. The van der Waals surface area contributed by atoms with Crippen LogP contribution in [0.4, 0.5) is 0 Å². The van der Waals surface area contributed by atoms with E-state index in [9.17, 15) is 4.79 Å². The Hall–Kier alpha value is -3.62. The highest BCUT2D eigenvalue weighted by Crippen LogP contribution is 2.46. The van der Waals surface area contributed by atoms with Crippen molar-refractivity contribution in [1.29, 1.82) is 0 Å². The second-order valence-corrected chi connectivity index (χ2v) is 9.18. The molecule has 1 N–H and O–H groups in total. The number of aryl methyl sites for hydroxylation is 2. The van der Waals surface area contributed by atoms with Crippen LogP contribution < -0.4 is 10.2 Å². The van der Waals surface area contributed by atoms with Crippen LogP contribution in [0.2, 0.25) is 0 Å². The number of nitrogens with one attached hydrogen (secondary N) is 1. The van der Waals surface area contributed by atoms with Crippen LogP contribution in [0.5, 0.6) is 5.75 Å². The first-order valence-corrected chi connectivity index (χ1v) is 10.6. The van der Waals surface area contributed by atoms with Crippen LogP contribution in [0.25, 0.3) is 0 Å². The summed E-state index contributed by atoms with van der Waals surface area (Å²) in [6, 6.07) is 9.54. The molecule has 1 aliphatic carbocycles. The third kappa shape index (κ3) is 3.34. The van der Waals surface area contributed by atoms with Crippen LogP contribution in [0, 0.1) is 19.3 Å². The Bertz CT molecular complexity index is 1190. The summed E-state index contributed by atoms with van der Waals surface area (Å²) in [6.45, 7) is 8.02. The average Bonchev–Trinajstić information content (AvgIpc) is 3.09. The van der Waals surface area contributed by atoms with Crippen molar-refractivity contribution in [1.82, 2.24) is 20.2 Å². The Balaban J connectivity index is 1.62. The van der Waals surface area contributed by atoms with Gasteiger partial charge in [0.05, 0.1) is 18.4 Å². The van der Waals surface area contributed by atoms with Gasteiger partial charge in [0, 0.05) is 18.5 Å². The van der Waals surface area contributed by atoms with Crippen molar-refractivity contribution in [2.75, 3.05) is 7.11 Å². The van der Waals surface area contributed by atoms with Gasteiger partial charge in [0.25, 0.3) is 5.96 Å². The first-order valence-electron chi connectivity index (χ1n) is 10.6. The van der Waals surface area contributed by atoms with Crippen molar-refractivity contribution in [3.8, 4) is 5.75 Å². The number of fused-ring (bicyclic) bond motifs is 1. The van der Waals surface area contributed by atoms with Gasteiger partial charge in [0.15, 0.2) is 5.78 Å². The van der Waals surface area contributed by atoms with E-state index < -0.39 is 6.04 Å². The molecule has 0 saturated carbocycles. The molecule has 1 unspecified atom stereocenters. The summed E-state index contributed by atoms with van der Waals surface area (Å²) in [5.41, 5.74) is 6.47. The minimum absolute atomic E-state index is 0.0769. The Labute approximate surface area is 186 Å². The molecule has 0 amide bonds. The average molecular weight is 435 g/mol. The number of aromatic nitrogens is 2. The Morgan fingerprint density at radius 2 is 1.91 bits per heavy atom. The fourth-order valence-electron chi connectivity index (χ4n) is 4.51. The fraction of sp³-hybridized carbons (Fsp3) is 0.391. The van der Waals surface area contributed by atoms with E-state index in [1.54, 1.807) is 16.8 Å². The van der Waals surface area contributed by atoms with E-state index in [0.29, 0.717) is 36.2 Å². The van der Waals surface area contributed by atoms with Crippen molar-refractivity contribution in [3.05, 3.63) is 58.6 Å². The number of carbonyl (C=O) groups is 1. The standard InChI is InChI=1S/C23H26N6O3/c1-13-10-14(2)28(26-13)21-24-25-22-29(27-21)20(15-6-8-16(31-5)9-7-15)19-17(30)11-23(3,4)12-18(19)32-22/h6-10,20H,11-12H2,1-5H3,(H,24,27). The molecule has 0 radical (unpaired) electrons. The predicted molar refractivity (Wildman–Crippen MR) is 119 cm³/mol. The molecule has 1 aromatic carbocycles. The molecule has 3 aliphatic rings. The lowest BCUT2D eigenvalue weighted by Gasteiger charge is -2.44. The molecule has 2 aromatic rings. The van der Waals surface area contributed by atoms with Crippen molar-refractivity contribution < 1.29 is 14.3 Å². The van der Waals surface area contributed by atoms with Crippen molar-refractivity contribution in [2.24, 2.45) is 15.6 Å². The van der Waals surface area contributed by atoms with E-state index in [1.807, 2.05) is 44.2 Å². The first-order chi connectivity index (χ1) is 15.3. The van der Waals surface area contributed by atoms with Gasteiger partial charge in [-0.2, -0.15) is 5.10 Å². The molecule has 1 atom stereocenters. The van der Waals surface area contributed by atoms with E-state index in [0.717, 1.165) is 22.7 Å². The van der Waals surface area contributed by atoms with E-state index >= 15 is 0 Å². The van der Waals surface area contributed by atoms with E-state index in [1.165, 1.54) is 0 Å². The minimum Gasteiger partial charge on any atom is -0.497 e. The smallest absolute Gasteiger partial charge is 0.336 e. The first kappa shape index (κ1) is 20.3. The van der Waals surface area contributed by atoms with E-state index in [2.05, 4.69) is 34.6 Å². The Kier molecular flexibility index (Phi) is 4.58. The number of methoxy groups -OCH3 is 1. The van der Waals surface area contributed by atoms with Crippen LogP contribution in [0.1, 0.15) is 49.7 Å². The molecule has 9 nitrogen and oxygen atoms in total. The third-order valence-corrected chi connectivity index (χ3v) is 5.92. The summed E-state index contributed by atoms with van der Waals surface area (Å²) >= 11 is 0. The van der Waals surface area contributed by atoms with Gasteiger partial charge in [-0.15, -0.1) is 5.10 Å². The molecule has 2 aliphatic heterocycles. The summed E-state index contributed by atoms with van der Waals surface area (Å²) in [5, 5.41) is 14.9. The van der Waals surface area contributed by atoms with Crippen LogP contribution in [-0.2, 0) is 9.53 Å². The van der Waals surface area contributed by atoms with Gasteiger partial charge < -0.3 is 9.47 Å². The van der Waals surface area contributed by atoms with Gasteiger partial charge in [-0.1, -0.05) is 31.1 Å². The summed E-state index contributed by atoms with van der Waals surface area (Å²) in [6.07, 6.45) is 1.11. The van der Waals surface area contributed by atoms with Crippen molar-refractivity contribution in [3.63, 3.8) is 0 Å². The molecular formula is C23H26N6O3. The number of hydrogen-bond donors (Lipinski definition) is 1. The highest BCUT2D eigenvalue weighted by Gasteiger charge is 2.46. The number of amidine groups is 1. The van der Waals surface area contributed by atoms with E-state index in [-0.39, 0.29) is 11.2 Å². The zero-order valence-corrected chi connectivity index (χ0v) is 18.8. The molecular weight excluding hydrogens is 408 g/mol. The molecule has 3 heterocycles. The number of hydrazine groups is 1. The number of rotatable bonds is 2. The highest BCUT2D eigenvalue weighted by molar-refractivity contribution is 6.01. The number of benzene rings is 1. The largest absolute Gasteiger partial charge is 0.497 e. The SMILES string of the molecule is COc1ccc(C2C3=C(CC(C)(C)CC3=O)OC3=NN=C(n4nc(C)cc4C)NN32)cc1. The number of allylic oxidation sites excluding steroid dienone is 1. The van der Waals surface area contributed by atoms with Gasteiger partial charge in [0.2, 0.25) is 0 Å². The van der Waals surface area contributed by atoms with Crippen molar-refractivity contribution in [2.45, 2.75) is 46.6 Å². The molecule has 0 bridgehead atoms. The second kappa shape index (κ2) is 7.22. The van der Waals surface area contributed by atoms with Crippen LogP contribution in [0.3, 0.4) is 0 Å². The predicted octanol–water partition coefficient (Wildman–Crippen LogP) is 3.22. The lowest BCUT2D eigenvalue weighted by molar-refractivity contribution is -0.119. The number of ether oxygens (including phenoxy) is 2. The van der Waals surface area contributed by atoms with Gasteiger partial charge in [-0.25, -0.2) is 9.69 Å². The zero-order valence-electron chi connectivity index (χ0n) is 18.8. The maximum atomic E-state index is 13.3.